The van der Waals surface area contributed by atoms with E-state index in [4.69, 9.17) is 11.6 Å². The summed E-state index contributed by atoms with van der Waals surface area (Å²) < 4.78 is 13.4. The van der Waals surface area contributed by atoms with Crippen LogP contribution in [0, 0.1) is 5.82 Å². The molecule has 0 N–H and O–H groups in total. The lowest BCUT2D eigenvalue weighted by Crippen LogP contribution is -1.93. The Labute approximate surface area is 118 Å². The van der Waals surface area contributed by atoms with Crippen molar-refractivity contribution in [3.05, 3.63) is 35.2 Å². The van der Waals surface area contributed by atoms with E-state index in [1.807, 2.05) is 12.5 Å². The third-order valence-corrected chi connectivity index (χ3v) is 3.83. The number of benzene rings is 1. The van der Waals surface area contributed by atoms with Crippen molar-refractivity contribution < 1.29 is 4.39 Å². The summed E-state index contributed by atoms with van der Waals surface area (Å²) in [5.41, 5.74) is 1.38. The van der Waals surface area contributed by atoms with Crippen LogP contribution in [-0.2, 0) is 0 Å². The maximum absolute atomic E-state index is 13.4. The van der Waals surface area contributed by atoms with Crippen LogP contribution in [0.5, 0.6) is 0 Å². The van der Waals surface area contributed by atoms with E-state index in [2.05, 4.69) is 9.97 Å². The first-order valence-corrected chi connectivity index (χ1v) is 7.89. The lowest BCUT2D eigenvalue weighted by atomic mass is 10.1. The van der Waals surface area contributed by atoms with Gasteiger partial charge in [-0.2, -0.15) is 0 Å². The molecule has 0 bridgehead atoms. The minimum Gasteiger partial charge on any atom is -0.222 e. The van der Waals surface area contributed by atoms with E-state index >= 15 is 0 Å². The van der Waals surface area contributed by atoms with E-state index < -0.39 is 0 Å². The fraction of sp³-hybridized carbons (Fsp3) is 0.167. The van der Waals surface area contributed by atoms with Gasteiger partial charge in [0.1, 0.15) is 11.0 Å². The van der Waals surface area contributed by atoms with Gasteiger partial charge < -0.3 is 0 Å². The standard InChI is InChI=1S/C12H10ClFN2S2/c1-17-10-4-3-7(14)5-8(10)9-6-11(13)16-12(15-9)18-2/h3-6H,1-2H3. The second kappa shape index (κ2) is 5.91. The number of hydrogen-bond donors (Lipinski definition) is 0. The van der Waals surface area contributed by atoms with Gasteiger partial charge in [-0.25, -0.2) is 14.4 Å². The van der Waals surface area contributed by atoms with E-state index in [1.165, 1.54) is 23.9 Å². The van der Waals surface area contributed by atoms with E-state index in [0.29, 0.717) is 16.0 Å². The summed E-state index contributed by atoms with van der Waals surface area (Å²) >= 11 is 8.89. The largest absolute Gasteiger partial charge is 0.222 e. The predicted octanol–water partition coefficient (Wildman–Crippen LogP) is 4.38. The molecule has 0 saturated carbocycles. The molecule has 0 amide bonds. The average Bonchev–Trinajstić information content (AvgIpc) is 2.38. The first-order valence-electron chi connectivity index (χ1n) is 5.06. The lowest BCUT2D eigenvalue weighted by Gasteiger charge is -2.08. The SMILES string of the molecule is CSc1nc(Cl)cc(-c2cc(F)ccc2SC)n1. The summed E-state index contributed by atoms with van der Waals surface area (Å²) in [6.07, 6.45) is 3.81. The minimum absolute atomic E-state index is 0.289. The van der Waals surface area contributed by atoms with Crippen molar-refractivity contribution in [2.24, 2.45) is 0 Å². The Hall–Kier alpha value is -0.780. The summed E-state index contributed by atoms with van der Waals surface area (Å²) in [6.45, 7) is 0. The molecule has 1 aromatic heterocycles. The van der Waals surface area contributed by atoms with Gasteiger partial charge in [-0.15, -0.1) is 11.8 Å². The van der Waals surface area contributed by atoms with Gasteiger partial charge in [0.2, 0.25) is 0 Å². The number of thioether (sulfide) groups is 2. The second-order valence-corrected chi connectivity index (χ2v) is 5.42. The van der Waals surface area contributed by atoms with Crippen LogP contribution < -0.4 is 0 Å². The highest BCUT2D eigenvalue weighted by Crippen LogP contribution is 2.31. The molecule has 0 radical (unpaired) electrons. The fourth-order valence-electron chi connectivity index (χ4n) is 1.51. The maximum Gasteiger partial charge on any atom is 0.189 e. The second-order valence-electron chi connectivity index (χ2n) is 3.41. The van der Waals surface area contributed by atoms with Crippen LogP contribution in [0.2, 0.25) is 5.15 Å². The molecule has 1 heterocycles. The Balaban J connectivity index is 2.60. The summed E-state index contributed by atoms with van der Waals surface area (Å²) in [5, 5.41) is 0.939. The van der Waals surface area contributed by atoms with E-state index in [1.54, 1.807) is 23.9 Å². The molecule has 1 aromatic carbocycles. The predicted molar refractivity (Wildman–Crippen MR) is 76.0 cm³/mol. The molecule has 0 aliphatic heterocycles. The highest BCUT2D eigenvalue weighted by molar-refractivity contribution is 7.98. The third kappa shape index (κ3) is 2.96. The molecule has 0 aliphatic carbocycles. The van der Waals surface area contributed by atoms with Crippen molar-refractivity contribution in [3.8, 4) is 11.3 Å². The first kappa shape index (κ1) is 13.6. The number of rotatable bonds is 3. The van der Waals surface area contributed by atoms with Crippen molar-refractivity contribution >= 4 is 35.1 Å². The topological polar surface area (TPSA) is 25.8 Å². The van der Waals surface area contributed by atoms with Crippen molar-refractivity contribution in [1.29, 1.82) is 0 Å². The molecule has 0 unspecified atom stereocenters. The Bertz CT molecular complexity index is 578. The molecule has 0 spiro atoms. The van der Waals surface area contributed by atoms with Crippen molar-refractivity contribution in [2.45, 2.75) is 10.1 Å². The van der Waals surface area contributed by atoms with Crippen LogP contribution in [0.1, 0.15) is 0 Å². The molecule has 0 fully saturated rings. The summed E-state index contributed by atoms with van der Waals surface area (Å²) in [4.78, 5) is 9.39. The molecule has 2 aromatic rings. The van der Waals surface area contributed by atoms with Gasteiger partial charge >= 0.3 is 0 Å². The Kier molecular flexibility index (Phi) is 4.48. The fourth-order valence-corrected chi connectivity index (χ4v) is 2.71. The van der Waals surface area contributed by atoms with E-state index in [-0.39, 0.29) is 5.82 Å². The summed E-state index contributed by atoms with van der Waals surface area (Å²) in [5.74, 6) is -0.289. The monoisotopic (exact) mass is 300 g/mol. The lowest BCUT2D eigenvalue weighted by molar-refractivity contribution is 0.627. The molecule has 0 saturated heterocycles. The first-order chi connectivity index (χ1) is 8.63. The zero-order valence-corrected chi connectivity index (χ0v) is 12.2. The van der Waals surface area contributed by atoms with Crippen LogP contribution in [-0.4, -0.2) is 22.5 Å². The Morgan fingerprint density at radius 1 is 1.11 bits per heavy atom. The minimum atomic E-state index is -0.289. The average molecular weight is 301 g/mol. The van der Waals surface area contributed by atoms with Crippen LogP contribution in [0.4, 0.5) is 4.39 Å². The molecule has 2 nitrogen and oxygen atoms in total. The zero-order valence-electron chi connectivity index (χ0n) is 9.78. The molecular weight excluding hydrogens is 291 g/mol. The Morgan fingerprint density at radius 2 is 1.89 bits per heavy atom. The van der Waals surface area contributed by atoms with E-state index in [0.717, 1.165) is 10.5 Å². The number of nitrogens with zero attached hydrogens (tertiary/aromatic N) is 2. The van der Waals surface area contributed by atoms with Crippen LogP contribution in [0.15, 0.2) is 34.3 Å². The molecule has 0 atom stereocenters. The quantitative estimate of drug-likeness (QED) is 0.477. The number of halogens is 2. The Morgan fingerprint density at radius 3 is 2.56 bits per heavy atom. The smallest absolute Gasteiger partial charge is 0.189 e. The normalized spacial score (nSPS) is 10.7. The number of aromatic nitrogens is 2. The molecule has 94 valence electrons. The van der Waals surface area contributed by atoms with E-state index in [9.17, 15) is 4.39 Å². The summed E-state index contributed by atoms with van der Waals surface area (Å²) in [7, 11) is 0. The molecule has 0 aliphatic rings. The van der Waals surface area contributed by atoms with Crippen LogP contribution in [0.25, 0.3) is 11.3 Å². The van der Waals surface area contributed by atoms with Crippen molar-refractivity contribution in [1.82, 2.24) is 9.97 Å². The summed E-state index contributed by atoms with van der Waals surface area (Å²) in [6, 6.07) is 6.29. The van der Waals surface area contributed by atoms with Crippen molar-refractivity contribution in [3.63, 3.8) is 0 Å². The van der Waals surface area contributed by atoms with Gasteiger partial charge in [0.05, 0.1) is 5.69 Å². The molecular formula is C12H10ClFN2S2. The zero-order chi connectivity index (χ0) is 13.1. The van der Waals surface area contributed by atoms with Crippen LogP contribution >= 0.6 is 35.1 Å². The van der Waals surface area contributed by atoms with Gasteiger partial charge in [-0.05, 0) is 30.7 Å². The van der Waals surface area contributed by atoms with Gasteiger partial charge in [-0.3, -0.25) is 0 Å². The third-order valence-electron chi connectivity index (χ3n) is 2.29. The number of hydrogen-bond acceptors (Lipinski definition) is 4. The molecule has 18 heavy (non-hydrogen) atoms. The van der Waals surface area contributed by atoms with Gasteiger partial charge in [0.15, 0.2) is 5.16 Å². The maximum atomic E-state index is 13.4. The molecule has 6 heteroatoms. The highest BCUT2D eigenvalue weighted by Gasteiger charge is 2.10. The van der Waals surface area contributed by atoms with Crippen molar-refractivity contribution in [2.75, 3.05) is 12.5 Å². The van der Waals surface area contributed by atoms with Gasteiger partial charge in [-0.1, -0.05) is 23.4 Å². The van der Waals surface area contributed by atoms with Crippen LogP contribution in [0.3, 0.4) is 0 Å². The van der Waals surface area contributed by atoms with Gasteiger partial charge in [0.25, 0.3) is 0 Å². The van der Waals surface area contributed by atoms with Gasteiger partial charge in [0, 0.05) is 16.5 Å². The molecule has 2 rings (SSSR count). The highest BCUT2D eigenvalue weighted by atomic mass is 35.5.